The van der Waals surface area contributed by atoms with Gasteiger partial charge >= 0.3 is 0 Å². The summed E-state index contributed by atoms with van der Waals surface area (Å²) in [5.41, 5.74) is 3.66. The van der Waals surface area contributed by atoms with Crippen LogP contribution in [0.3, 0.4) is 0 Å². The van der Waals surface area contributed by atoms with Crippen molar-refractivity contribution in [2.24, 2.45) is 5.92 Å². The summed E-state index contributed by atoms with van der Waals surface area (Å²) in [6.45, 7) is 1.17. The summed E-state index contributed by atoms with van der Waals surface area (Å²) >= 11 is 0. The average molecular weight is 350 g/mol. The van der Waals surface area contributed by atoms with Gasteiger partial charge in [0.05, 0.1) is 7.11 Å². The van der Waals surface area contributed by atoms with E-state index in [2.05, 4.69) is 5.32 Å². The Hall–Kier alpha value is -2.82. The van der Waals surface area contributed by atoms with Gasteiger partial charge in [-0.25, -0.2) is 0 Å². The summed E-state index contributed by atoms with van der Waals surface area (Å²) in [6, 6.07) is 13.3. The predicted octanol–water partition coefficient (Wildman–Crippen LogP) is 2.92. The van der Waals surface area contributed by atoms with Crippen molar-refractivity contribution in [1.29, 1.82) is 0 Å². The number of carbonyl (C=O) groups excluding carboxylic acids is 2. The smallest absolute Gasteiger partial charge is 0.251 e. The van der Waals surface area contributed by atoms with E-state index in [0.29, 0.717) is 12.1 Å². The number of anilines is 1. The molecule has 134 valence electrons. The monoisotopic (exact) mass is 350 g/mol. The van der Waals surface area contributed by atoms with Crippen LogP contribution in [-0.2, 0) is 17.8 Å². The number of hydrogen-bond donors (Lipinski definition) is 1. The van der Waals surface area contributed by atoms with E-state index in [1.54, 1.807) is 13.2 Å². The maximum atomic E-state index is 12.5. The van der Waals surface area contributed by atoms with Crippen LogP contribution in [0.1, 0.15) is 34.3 Å². The van der Waals surface area contributed by atoms with E-state index in [9.17, 15) is 9.59 Å². The summed E-state index contributed by atoms with van der Waals surface area (Å²) in [4.78, 5) is 26.7. The standard InChI is InChI=1S/C21H22N2O3/c1-26-18-4-2-3-14(11-18)13-22-20(24)17-7-8-19-16(12-17)9-10-23(19)21(25)15-5-6-15/h2-4,7-8,11-12,15H,5-6,9-10,13H2,1H3,(H,22,24). The molecule has 0 radical (unpaired) electrons. The molecule has 0 saturated heterocycles. The quantitative estimate of drug-likeness (QED) is 0.902. The van der Waals surface area contributed by atoms with Gasteiger partial charge in [-0.1, -0.05) is 12.1 Å². The van der Waals surface area contributed by atoms with Crippen molar-refractivity contribution in [3.63, 3.8) is 0 Å². The highest BCUT2D eigenvalue weighted by Gasteiger charge is 2.36. The first kappa shape index (κ1) is 16.6. The lowest BCUT2D eigenvalue weighted by Crippen LogP contribution is -2.30. The molecule has 1 heterocycles. The Balaban J connectivity index is 1.43. The molecule has 0 atom stereocenters. The molecule has 0 unspecified atom stereocenters. The van der Waals surface area contributed by atoms with Crippen molar-refractivity contribution in [2.45, 2.75) is 25.8 Å². The molecule has 4 rings (SSSR count). The van der Waals surface area contributed by atoms with E-state index in [4.69, 9.17) is 4.74 Å². The number of ether oxygens (including phenoxy) is 1. The highest BCUT2D eigenvalue weighted by Crippen LogP contribution is 2.36. The molecule has 0 aromatic heterocycles. The van der Waals surface area contributed by atoms with Crippen LogP contribution < -0.4 is 15.0 Å². The Morgan fingerprint density at radius 3 is 2.81 bits per heavy atom. The van der Waals surface area contributed by atoms with Crippen molar-refractivity contribution in [3.8, 4) is 5.75 Å². The van der Waals surface area contributed by atoms with Crippen LogP contribution in [0.15, 0.2) is 42.5 Å². The molecular formula is C21H22N2O3. The summed E-state index contributed by atoms with van der Waals surface area (Å²) < 4.78 is 5.20. The molecule has 2 aromatic rings. The average Bonchev–Trinajstić information content (AvgIpc) is 3.44. The molecule has 2 aromatic carbocycles. The molecular weight excluding hydrogens is 328 g/mol. The van der Waals surface area contributed by atoms with Gasteiger partial charge in [0.25, 0.3) is 5.91 Å². The summed E-state index contributed by atoms with van der Waals surface area (Å²) in [5.74, 6) is 1.11. The minimum Gasteiger partial charge on any atom is -0.497 e. The Kier molecular flexibility index (Phi) is 4.37. The molecule has 1 saturated carbocycles. The second-order valence-corrected chi connectivity index (χ2v) is 6.89. The van der Waals surface area contributed by atoms with Gasteiger partial charge in [-0.05, 0) is 60.7 Å². The van der Waals surface area contributed by atoms with Crippen LogP contribution in [0.25, 0.3) is 0 Å². The van der Waals surface area contributed by atoms with Gasteiger partial charge in [0.2, 0.25) is 5.91 Å². The minimum atomic E-state index is -0.109. The number of methoxy groups -OCH3 is 1. The van der Waals surface area contributed by atoms with Crippen LogP contribution in [0.4, 0.5) is 5.69 Å². The Morgan fingerprint density at radius 1 is 1.19 bits per heavy atom. The van der Waals surface area contributed by atoms with Gasteiger partial charge in [0.15, 0.2) is 0 Å². The Bertz CT molecular complexity index is 858. The van der Waals surface area contributed by atoms with E-state index < -0.39 is 0 Å². The molecule has 5 heteroatoms. The fraction of sp³-hybridized carbons (Fsp3) is 0.333. The molecule has 1 fully saturated rings. The molecule has 26 heavy (non-hydrogen) atoms. The number of benzene rings is 2. The van der Waals surface area contributed by atoms with Gasteiger partial charge in [-0.3, -0.25) is 9.59 Å². The molecule has 0 bridgehead atoms. The van der Waals surface area contributed by atoms with Gasteiger partial charge in [-0.2, -0.15) is 0 Å². The molecule has 5 nitrogen and oxygen atoms in total. The van der Waals surface area contributed by atoms with E-state index in [0.717, 1.165) is 48.4 Å². The zero-order chi connectivity index (χ0) is 18.1. The van der Waals surface area contributed by atoms with Crippen molar-refractivity contribution < 1.29 is 14.3 Å². The van der Waals surface area contributed by atoms with Crippen molar-refractivity contribution in [1.82, 2.24) is 5.32 Å². The molecule has 2 aliphatic rings. The zero-order valence-corrected chi connectivity index (χ0v) is 14.8. The number of carbonyl (C=O) groups is 2. The lowest BCUT2D eigenvalue weighted by Gasteiger charge is -2.17. The first-order valence-electron chi connectivity index (χ1n) is 9.01. The molecule has 2 amide bonds. The second-order valence-electron chi connectivity index (χ2n) is 6.89. The van der Waals surface area contributed by atoms with Crippen molar-refractivity contribution in [3.05, 3.63) is 59.2 Å². The summed E-state index contributed by atoms with van der Waals surface area (Å²) in [7, 11) is 1.62. The number of nitrogens with zero attached hydrogens (tertiary/aromatic N) is 1. The van der Waals surface area contributed by atoms with Crippen LogP contribution in [-0.4, -0.2) is 25.5 Å². The highest BCUT2D eigenvalue weighted by atomic mass is 16.5. The minimum absolute atomic E-state index is 0.109. The third kappa shape index (κ3) is 3.29. The van der Waals surface area contributed by atoms with Gasteiger partial charge < -0.3 is 15.0 Å². The van der Waals surface area contributed by atoms with E-state index in [1.165, 1.54) is 0 Å². The van der Waals surface area contributed by atoms with Gasteiger partial charge in [0, 0.05) is 30.3 Å². The van der Waals surface area contributed by atoms with Crippen LogP contribution in [0.5, 0.6) is 5.75 Å². The maximum Gasteiger partial charge on any atom is 0.251 e. The highest BCUT2D eigenvalue weighted by molar-refractivity contribution is 6.00. The third-order valence-corrected chi connectivity index (χ3v) is 5.02. The third-order valence-electron chi connectivity index (χ3n) is 5.02. The van der Waals surface area contributed by atoms with E-state index in [1.807, 2.05) is 41.3 Å². The Morgan fingerprint density at radius 2 is 2.04 bits per heavy atom. The topological polar surface area (TPSA) is 58.6 Å². The van der Waals surface area contributed by atoms with Crippen LogP contribution in [0, 0.1) is 5.92 Å². The second kappa shape index (κ2) is 6.83. The fourth-order valence-electron chi connectivity index (χ4n) is 3.39. The molecule has 0 spiro atoms. The molecule has 1 aliphatic carbocycles. The lowest BCUT2D eigenvalue weighted by atomic mass is 10.1. The van der Waals surface area contributed by atoms with Crippen LogP contribution >= 0.6 is 0 Å². The number of rotatable bonds is 5. The first-order valence-corrected chi connectivity index (χ1v) is 9.01. The predicted molar refractivity (Wildman–Crippen MR) is 99.4 cm³/mol. The number of nitrogens with one attached hydrogen (secondary N) is 1. The lowest BCUT2D eigenvalue weighted by molar-refractivity contribution is -0.119. The zero-order valence-electron chi connectivity index (χ0n) is 14.8. The van der Waals surface area contributed by atoms with Crippen molar-refractivity contribution in [2.75, 3.05) is 18.6 Å². The summed E-state index contributed by atoms with van der Waals surface area (Å²) in [5, 5.41) is 2.94. The number of hydrogen-bond acceptors (Lipinski definition) is 3. The molecule has 1 aliphatic heterocycles. The molecule has 1 N–H and O–H groups in total. The van der Waals surface area contributed by atoms with E-state index >= 15 is 0 Å². The van der Waals surface area contributed by atoms with Crippen molar-refractivity contribution >= 4 is 17.5 Å². The summed E-state index contributed by atoms with van der Waals surface area (Å²) in [6.07, 6.45) is 2.83. The van der Waals surface area contributed by atoms with Gasteiger partial charge in [-0.15, -0.1) is 0 Å². The SMILES string of the molecule is COc1cccc(CNC(=O)c2ccc3c(c2)CCN3C(=O)C2CC2)c1. The van der Waals surface area contributed by atoms with Crippen LogP contribution in [0.2, 0.25) is 0 Å². The largest absolute Gasteiger partial charge is 0.497 e. The van der Waals surface area contributed by atoms with E-state index in [-0.39, 0.29) is 17.7 Å². The fourth-order valence-corrected chi connectivity index (χ4v) is 3.39. The normalized spacial score (nSPS) is 15.5. The number of fused-ring (bicyclic) bond motifs is 1. The maximum absolute atomic E-state index is 12.5. The van der Waals surface area contributed by atoms with Gasteiger partial charge in [0.1, 0.15) is 5.75 Å². The first-order chi connectivity index (χ1) is 12.7. The number of amides is 2. The Labute approximate surface area is 153 Å².